The van der Waals surface area contributed by atoms with Crippen LogP contribution in [0, 0.1) is 5.41 Å². The van der Waals surface area contributed by atoms with E-state index in [0.717, 1.165) is 12.1 Å². The van der Waals surface area contributed by atoms with Gasteiger partial charge in [0.05, 0.1) is 11.5 Å². The number of nitrogens with one attached hydrogen (secondary N) is 1. The molecule has 0 aromatic heterocycles. The van der Waals surface area contributed by atoms with Crippen LogP contribution in [0.1, 0.15) is 39.3 Å². The summed E-state index contributed by atoms with van der Waals surface area (Å²) in [6.07, 6.45) is 0. The Morgan fingerprint density at radius 1 is 1.19 bits per heavy atom. The van der Waals surface area contributed by atoms with Crippen LogP contribution in [0.3, 0.4) is 0 Å². The molecule has 21 heavy (non-hydrogen) atoms. The van der Waals surface area contributed by atoms with E-state index in [0.29, 0.717) is 0 Å². The fourth-order valence-corrected chi connectivity index (χ4v) is 1.92. The zero-order chi connectivity index (χ0) is 16.3. The topological polar surface area (TPSA) is 58.4 Å². The van der Waals surface area contributed by atoms with Crippen LogP contribution >= 0.6 is 0 Å². The molecular formula is C17H29N3O. The number of hydrogen-bond donors (Lipinski definition) is 2. The van der Waals surface area contributed by atoms with Gasteiger partial charge in [-0.15, -0.1) is 0 Å². The minimum Gasteiger partial charge on any atom is -0.347 e. The van der Waals surface area contributed by atoms with E-state index in [9.17, 15) is 4.79 Å². The summed E-state index contributed by atoms with van der Waals surface area (Å²) >= 11 is 0. The molecule has 0 fully saturated rings. The Kier molecular flexibility index (Phi) is 5.54. The second kappa shape index (κ2) is 6.58. The summed E-state index contributed by atoms with van der Waals surface area (Å²) in [6, 6.07) is 9.98. The van der Waals surface area contributed by atoms with Crippen molar-refractivity contribution < 1.29 is 4.79 Å². The Hall–Kier alpha value is -1.39. The molecule has 0 spiro atoms. The molecule has 0 aliphatic heterocycles. The third kappa shape index (κ3) is 4.55. The van der Waals surface area contributed by atoms with Gasteiger partial charge in [-0.1, -0.05) is 30.3 Å². The third-order valence-electron chi connectivity index (χ3n) is 4.23. The van der Waals surface area contributed by atoms with Crippen LogP contribution in [0.5, 0.6) is 0 Å². The first-order valence-electron chi connectivity index (χ1n) is 7.35. The van der Waals surface area contributed by atoms with Gasteiger partial charge in [-0.2, -0.15) is 0 Å². The van der Waals surface area contributed by atoms with Gasteiger partial charge >= 0.3 is 0 Å². The van der Waals surface area contributed by atoms with Gasteiger partial charge in [-0.05, 0) is 47.4 Å². The van der Waals surface area contributed by atoms with Gasteiger partial charge in [0.25, 0.3) is 0 Å². The van der Waals surface area contributed by atoms with E-state index in [4.69, 9.17) is 5.73 Å². The van der Waals surface area contributed by atoms with Crippen molar-refractivity contribution in [2.45, 2.75) is 39.3 Å². The summed E-state index contributed by atoms with van der Waals surface area (Å²) in [5, 5.41) is 3.15. The van der Waals surface area contributed by atoms with E-state index >= 15 is 0 Å². The Morgan fingerprint density at radius 2 is 1.71 bits per heavy atom. The van der Waals surface area contributed by atoms with E-state index in [2.05, 4.69) is 10.2 Å². The van der Waals surface area contributed by atoms with Gasteiger partial charge in [-0.3, -0.25) is 4.79 Å². The summed E-state index contributed by atoms with van der Waals surface area (Å²) in [5.74, 6) is -0.0225. The lowest BCUT2D eigenvalue weighted by Crippen LogP contribution is -2.56. The fraction of sp³-hybridized carbons (Fsp3) is 0.588. The second-order valence-electron chi connectivity index (χ2n) is 7.05. The summed E-state index contributed by atoms with van der Waals surface area (Å²) < 4.78 is 0. The maximum absolute atomic E-state index is 12.7. The normalized spacial score (nSPS) is 14.1. The number of likely N-dealkylation sites (N-methyl/N-ethyl adjacent to an activating group) is 1. The minimum atomic E-state index is -0.646. The first-order chi connectivity index (χ1) is 9.55. The van der Waals surface area contributed by atoms with Gasteiger partial charge in [0.15, 0.2) is 0 Å². The van der Waals surface area contributed by atoms with Gasteiger partial charge in [-0.25, -0.2) is 0 Å². The number of benzene rings is 1. The molecular weight excluding hydrogens is 262 g/mol. The van der Waals surface area contributed by atoms with Crippen LogP contribution in [0.15, 0.2) is 30.3 Å². The van der Waals surface area contributed by atoms with E-state index in [1.165, 1.54) is 0 Å². The monoisotopic (exact) mass is 291 g/mol. The molecule has 1 atom stereocenters. The lowest BCUT2D eigenvalue weighted by atomic mass is 9.74. The van der Waals surface area contributed by atoms with Crippen molar-refractivity contribution in [2.24, 2.45) is 11.1 Å². The molecule has 4 nitrogen and oxygen atoms in total. The molecule has 118 valence electrons. The number of nitrogens with two attached hydrogens (primary N) is 1. The number of carbonyl (C=O) groups is 1. The zero-order valence-corrected chi connectivity index (χ0v) is 14.1. The highest BCUT2D eigenvalue weighted by Crippen LogP contribution is 2.29. The molecule has 1 aromatic carbocycles. The molecule has 0 bridgehead atoms. The Labute approximate surface area is 128 Å². The highest BCUT2D eigenvalue weighted by Gasteiger charge is 2.41. The van der Waals surface area contributed by atoms with Gasteiger partial charge in [0, 0.05) is 12.1 Å². The molecule has 0 radical (unpaired) electrons. The first kappa shape index (κ1) is 17.7. The van der Waals surface area contributed by atoms with Crippen LogP contribution in [-0.2, 0) is 4.79 Å². The van der Waals surface area contributed by atoms with E-state index in [1.807, 2.05) is 72.1 Å². The Morgan fingerprint density at radius 3 is 2.14 bits per heavy atom. The quantitative estimate of drug-likeness (QED) is 0.844. The molecule has 1 aromatic rings. The third-order valence-corrected chi connectivity index (χ3v) is 4.23. The molecule has 1 unspecified atom stereocenters. The number of amides is 1. The van der Waals surface area contributed by atoms with Crippen LogP contribution in [0.25, 0.3) is 0 Å². The number of nitrogens with zero attached hydrogens (tertiary/aromatic N) is 1. The van der Waals surface area contributed by atoms with Crippen molar-refractivity contribution in [1.82, 2.24) is 10.2 Å². The van der Waals surface area contributed by atoms with Crippen molar-refractivity contribution in [1.29, 1.82) is 0 Å². The summed E-state index contributed by atoms with van der Waals surface area (Å²) in [6.45, 7) is 8.29. The Bertz CT molecular complexity index is 461. The maximum atomic E-state index is 12.7. The van der Waals surface area contributed by atoms with E-state index in [-0.39, 0.29) is 11.9 Å². The first-order valence-corrected chi connectivity index (χ1v) is 7.35. The smallest absolute Gasteiger partial charge is 0.228 e. The summed E-state index contributed by atoms with van der Waals surface area (Å²) in [4.78, 5) is 14.7. The predicted molar refractivity (Wildman–Crippen MR) is 87.9 cm³/mol. The van der Waals surface area contributed by atoms with E-state index in [1.54, 1.807) is 0 Å². The number of carbonyl (C=O) groups excluding carboxylic acids is 1. The number of rotatable bonds is 6. The number of hydrogen-bond acceptors (Lipinski definition) is 3. The Balaban J connectivity index is 2.95. The SMILES string of the molecule is CN(C)CC(NC(=O)C(C)(C)C(C)(C)N)c1ccccc1. The van der Waals surface area contributed by atoms with Crippen molar-refractivity contribution >= 4 is 5.91 Å². The van der Waals surface area contributed by atoms with Crippen molar-refractivity contribution in [2.75, 3.05) is 20.6 Å². The van der Waals surface area contributed by atoms with Crippen molar-refractivity contribution in [3.8, 4) is 0 Å². The highest BCUT2D eigenvalue weighted by molar-refractivity contribution is 5.83. The zero-order valence-electron chi connectivity index (χ0n) is 14.1. The highest BCUT2D eigenvalue weighted by atomic mass is 16.2. The van der Waals surface area contributed by atoms with Gasteiger partial charge in [0.2, 0.25) is 5.91 Å². The van der Waals surface area contributed by atoms with Crippen LogP contribution in [0.2, 0.25) is 0 Å². The largest absolute Gasteiger partial charge is 0.347 e. The van der Waals surface area contributed by atoms with Gasteiger partial charge < -0.3 is 16.0 Å². The van der Waals surface area contributed by atoms with Crippen LogP contribution in [-0.4, -0.2) is 37.0 Å². The second-order valence-corrected chi connectivity index (χ2v) is 7.05. The molecule has 0 saturated carbocycles. The van der Waals surface area contributed by atoms with Crippen molar-refractivity contribution in [3.63, 3.8) is 0 Å². The average molecular weight is 291 g/mol. The molecule has 0 aliphatic carbocycles. The van der Waals surface area contributed by atoms with Gasteiger partial charge in [0.1, 0.15) is 0 Å². The molecule has 1 amide bonds. The summed E-state index contributed by atoms with van der Waals surface area (Å²) in [7, 11) is 4.00. The molecule has 4 heteroatoms. The standard InChI is InChI=1S/C17H29N3O/c1-16(2,17(3,4)18)15(21)19-14(12-20(5)6)13-10-8-7-9-11-13/h7-11,14H,12,18H2,1-6H3,(H,19,21). The lowest BCUT2D eigenvalue weighted by molar-refractivity contribution is -0.133. The molecule has 3 N–H and O–H groups in total. The maximum Gasteiger partial charge on any atom is 0.228 e. The fourth-order valence-electron chi connectivity index (χ4n) is 1.92. The molecule has 0 aliphatic rings. The average Bonchev–Trinajstić information content (AvgIpc) is 2.37. The minimum absolute atomic E-state index is 0.0225. The van der Waals surface area contributed by atoms with Crippen LogP contribution < -0.4 is 11.1 Å². The van der Waals surface area contributed by atoms with E-state index < -0.39 is 11.0 Å². The van der Waals surface area contributed by atoms with Crippen LogP contribution in [0.4, 0.5) is 0 Å². The molecule has 1 rings (SSSR count). The van der Waals surface area contributed by atoms with Crippen molar-refractivity contribution in [3.05, 3.63) is 35.9 Å². The molecule has 0 saturated heterocycles. The molecule has 0 heterocycles. The summed E-state index contributed by atoms with van der Waals surface area (Å²) in [5.41, 5.74) is 6.03. The predicted octanol–water partition coefficient (Wildman–Crippen LogP) is 2.17. The lowest BCUT2D eigenvalue weighted by Gasteiger charge is -2.38.